The number of hydrogen-bond acceptors (Lipinski definition) is 6. The van der Waals surface area contributed by atoms with Gasteiger partial charge in [0, 0.05) is 16.7 Å². The predicted molar refractivity (Wildman–Crippen MR) is 53.1 cm³/mol. The van der Waals surface area contributed by atoms with Gasteiger partial charge in [0.1, 0.15) is 6.07 Å². The number of nitrogens with zero attached hydrogens (tertiary/aromatic N) is 2. The van der Waals surface area contributed by atoms with Gasteiger partial charge >= 0.3 is 6.36 Å². The normalized spacial score (nSPS) is 11.9. The molecule has 6 nitrogen and oxygen atoms in total. The van der Waals surface area contributed by atoms with Gasteiger partial charge in [-0.2, -0.15) is 5.26 Å². The van der Waals surface area contributed by atoms with E-state index in [-0.39, 0.29) is 0 Å². The molecule has 1 aromatic rings. The molecule has 11 heteroatoms. The summed E-state index contributed by atoms with van der Waals surface area (Å²) in [4.78, 5) is 3.12. The molecule has 0 spiro atoms. The zero-order valence-electron chi connectivity index (χ0n) is 8.19. The maximum absolute atomic E-state index is 12.0. The van der Waals surface area contributed by atoms with E-state index < -0.39 is 37.6 Å². The van der Waals surface area contributed by atoms with Gasteiger partial charge in [-0.3, -0.25) is 0 Å². The molecule has 0 aliphatic carbocycles. The maximum atomic E-state index is 12.0. The number of alkyl halides is 3. The summed E-state index contributed by atoms with van der Waals surface area (Å²) in [7, 11) is 0.557. The molecule has 0 amide bonds. The fraction of sp³-hybridized carbons (Fsp3) is 0.143. The van der Waals surface area contributed by atoms with Crippen LogP contribution in [0.1, 0.15) is 5.69 Å². The van der Waals surface area contributed by atoms with E-state index in [1.165, 1.54) is 6.07 Å². The quantitative estimate of drug-likeness (QED) is 0.827. The first kappa shape index (κ1) is 14.3. The van der Waals surface area contributed by atoms with E-state index in [2.05, 4.69) is 9.72 Å². The summed E-state index contributed by atoms with van der Waals surface area (Å²) in [6.07, 6.45) is -5.07. The van der Waals surface area contributed by atoms with E-state index in [1.807, 2.05) is 0 Å². The molecule has 1 rings (SSSR count). The molecule has 18 heavy (non-hydrogen) atoms. The van der Waals surface area contributed by atoms with E-state index in [0.717, 1.165) is 0 Å². The molecule has 0 bridgehead atoms. The van der Waals surface area contributed by atoms with E-state index in [1.54, 1.807) is 0 Å². The second-order valence-electron chi connectivity index (χ2n) is 2.83. The Labute approximate surface area is 103 Å². The molecule has 1 aromatic heterocycles. The van der Waals surface area contributed by atoms with Gasteiger partial charge in [-0.25, -0.2) is 13.4 Å². The number of nitrogens with two attached hydrogens (primary N) is 1. The molecule has 2 N–H and O–H groups in total. The summed E-state index contributed by atoms with van der Waals surface area (Å²) >= 11 is 0. The predicted octanol–water partition coefficient (Wildman–Crippen LogP) is 1.36. The van der Waals surface area contributed by atoms with E-state index in [9.17, 15) is 21.6 Å². The highest BCUT2D eigenvalue weighted by Crippen LogP contribution is 2.30. The van der Waals surface area contributed by atoms with Crippen LogP contribution in [0.15, 0.2) is 11.1 Å². The lowest BCUT2D eigenvalue weighted by atomic mass is 10.3. The fourth-order valence-corrected chi connectivity index (χ4v) is 1.88. The Morgan fingerprint density at radius 1 is 1.50 bits per heavy atom. The summed E-state index contributed by atoms with van der Waals surface area (Å²) in [5, 5.41) is 7.65. The number of rotatable bonds is 2. The van der Waals surface area contributed by atoms with Crippen molar-refractivity contribution >= 4 is 25.4 Å². The third-order valence-corrected chi connectivity index (χ3v) is 2.77. The monoisotopic (exact) mass is 301 g/mol. The van der Waals surface area contributed by atoms with Crippen molar-refractivity contribution in [1.29, 1.82) is 5.26 Å². The van der Waals surface area contributed by atoms with Gasteiger partial charge in [-0.15, -0.1) is 13.2 Å². The molecule has 0 saturated carbocycles. The van der Waals surface area contributed by atoms with Crippen LogP contribution in [0.3, 0.4) is 0 Å². The summed E-state index contributed by atoms with van der Waals surface area (Å²) in [6, 6.07) is 1.75. The van der Waals surface area contributed by atoms with Gasteiger partial charge in [-0.1, -0.05) is 0 Å². The van der Waals surface area contributed by atoms with Gasteiger partial charge in [0.05, 0.1) is 5.69 Å². The van der Waals surface area contributed by atoms with Crippen LogP contribution in [0.2, 0.25) is 0 Å². The van der Waals surface area contributed by atoms with Gasteiger partial charge in [0.15, 0.2) is 16.5 Å². The van der Waals surface area contributed by atoms with Crippen molar-refractivity contribution in [3.8, 4) is 11.8 Å². The Kier molecular flexibility index (Phi) is 3.59. The van der Waals surface area contributed by atoms with Crippen LogP contribution in [0.4, 0.5) is 18.9 Å². The van der Waals surface area contributed by atoms with Crippen LogP contribution in [0, 0.1) is 11.3 Å². The maximum Gasteiger partial charge on any atom is 0.573 e. The summed E-state index contributed by atoms with van der Waals surface area (Å²) < 4.78 is 61.3. The summed E-state index contributed by atoms with van der Waals surface area (Å²) in [5.41, 5.74) is 3.60. The molecule has 1 heterocycles. The lowest BCUT2D eigenvalue weighted by Gasteiger charge is -2.11. The Balaban J connectivity index is 3.43. The highest BCUT2D eigenvalue weighted by molar-refractivity contribution is 8.13. The number of nitriles is 1. The Morgan fingerprint density at radius 3 is 2.44 bits per heavy atom. The van der Waals surface area contributed by atoms with Crippen molar-refractivity contribution in [3.05, 3.63) is 11.8 Å². The molecule has 0 aliphatic rings. The van der Waals surface area contributed by atoms with E-state index in [0.29, 0.717) is 6.07 Å². The first-order valence-electron chi connectivity index (χ1n) is 3.95. The highest BCUT2D eigenvalue weighted by atomic mass is 35.7. The van der Waals surface area contributed by atoms with Crippen LogP contribution >= 0.6 is 10.7 Å². The average molecular weight is 302 g/mol. The number of anilines is 1. The zero-order valence-corrected chi connectivity index (χ0v) is 9.77. The van der Waals surface area contributed by atoms with E-state index >= 15 is 0 Å². The third-order valence-electron chi connectivity index (χ3n) is 1.54. The van der Waals surface area contributed by atoms with Crippen molar-refractivity contribution in [2.24, 2.45) is 0 Å². The van der Waals surface area contributed by atoms with Crippen LogP contribution in [-0.2, 0) is 9.05 Å². The molecular weight excluding hydrogens is 299 g/mol. The van der Waals surface area contributed by atoms with Gasteiger partial charge in [-0.05, 0) is 0 Å². The third kappa shape index (κ3) is 3.38. The molecule has 0 radical (unpaired) electrons. The first-order chi connectivity index (χ1) is 8.04. The molecule has 0 fully saturated rings. The van der Waals surface area contributed by atoms with Crippen LogP contribution in [-0.4, -0.2) is 19.8 Å². The summed E-state index contributed by atoms with van der Waals surface area (Å²) in [6.45, 7) is 0. The van der Waals surface area contributed by atoms with Crippen molar-refractivity contribution in [1.82, 2.24) is 4.98 Å². The number of aromatic nitrogens is 1. The Morgan fingerprint density at radius 2 is 2.06 bits per heavy atom. The number of ether oxygens (including phenoxy) is 1. The highest BCUT2D eigenvalue weighted by Gasteiger charge is 2.33. The molecule has 0 unspecified atom stereocenters. The molecule has 0 aromatic carbocycles. The van der Waals surface area contributed by atoms with Crippen LogP contribution < -0.4 is 10.5 Å². The number of pyridine rings is 1. The largest absolute Gasteiger partial charge is 0.573 e. The van der Waals surface area contributed by atoms with Gasteiger partial charge in [0.2, 0.25) is 0 Å². The minimum Gasteiger partial charge on any atom is -0.403 e. The molecular formula is C7H3ClF3N3O3S. The summed E-state index contributed by atoms with van der Waals surface area (Å²) in [5.74, 6) is -1.01. The molecule has 98 valence electrons. The van der Waals surface area contributed by atoms with Gasteiger partial charge in [0.25, 0.3) is 9.05 Å². The van der Waals surface area contributed by atoms with Crippen LogP contribution in [0.25, 0.3) is 0 Å². The zero-order chi connectivity index (χ0) is 14.1. The van der Waals surface area contributed by atoms with Crippen molar-refractivity contribution < 1.29 is 26.3 Å². The molecule has 0 atom stereocenters. The van der Waals surface area contributed by atoms with Gasteiger partial charge < -0.3 is 10.5 Å². The standard InChI is InChI=1S/C7H3ClF3N3O3S/c8-18(15,16)6-3(13)1-5(4(2-12)14-6)17-7(9,10)11/h1H,13H2. The number of nitrogen functional groups attached to an aromatic ring is 1. The number of halogens is 4. The van der Waals surface area contributed by atoms with E-state index in [4.69, 9.17) is 21.7 Å². The average Bonchev–Trinajstić information content (AvgIpc) is 2.13. The molecule has 0 aliphatic heterocycles. The Bertz CT molecular complexity index is 623. The smallest absolute Gasteiger partial charge is 0.403 e. The second-order valence-corrected chi connectivity index (χ2v) is 5.31. The van der Waals surface area contributed by atoms with Crippen molar-refractivity contribution in [2.75, 3.05) is 5.73 Å². The fourth-order valence-electron chi connectivity index (χ4n) is 0.970. The van der Waals surface area contributed by atoms with Crippen molar-refractivity contribution in [2.45, 2.75) is 11.4 Å². The van der Waals surface area contributed by atoms with Crippen LogP contribution in [0.5, 0.6) is 5.75 Å². The molecule has 0 saturated heterocycles. The second kappa shape index (κ2) is 4.51. The van der Waals surface area contributed by atoms with Crippen molar-refractivity contribution in [3.63, 3.8) is 0 Å². The number of hydrogen-bond donors (Lipinski definition) is 1. The lowest BCUT2D eigenvalue weighted by Crippen LogP contribution is -2.19. The minimum absolute atomic E-state index is 0.508. The Hall–Kier alpha value is -1.73. The first-order valence-corrected chi connectivity index (χ1v) is 6.26. The minimum atomic E-state index is -5.07. The topological polar surface area (TPSA) is 106 Å². The lowest BCUT2D eigenvalue weighted by molar-refractivity contribution is -0.274. The SMILES string of the molecule is N#Cc1nc(S(=O)(=O)Cl)c(N)cc1OC(F)(F)F.